The van der Waals surface area contributed by atoms with Gasteiger partial charge in [0.25, 0.3) is 5.91 Å². The molecule has 3 N–H and O–H groups in total. The number of nitrogens with two attached hydrogens (primary N) is 1. The molecular formula is C12H16ClN3O. The van der Waals surface area contributed by atoms with Gasteiger partial charge in [0.15, 0.2) is 0 Å². The van der Waals surface area contributed by atoms with Crippen molar-refractivity contribution in [2.75, 3.05) is 25.4 Å². The Balaban J connectivity index is 2.24. The average Bonchev–Trinajstić information content (AvgIpc) is 2.29. The normalized spacial score (nSPS) is 20.4. The van der Waals surface area contributed by atoms with E-state index in [2.05, 4.69) is 5.32 Å². The number of carbonyl (C=O) groups is 1. The Morgan fingerprint density at radius 2 is 2.35 bits per heavy atom. The van der Waals surface area contributed by atoms with Crippen LogP contribution in [0.4, 0.5) is 5.69 Å². The summed E-state index contributed by atoms with van der Waals surface area (Å²) in [6.07, 6.45) is 0. The molecule has 1 saturated heterocycles. The number of nitrogens with one attached hydrogen (secondary N) is 1. The van der Waals surface area contributed by atoms with Crippen molar-refractivity contribution < 1.29 is 4.79 Å². The number of nitrogen functional groups attached to an aromatic ring is 1. The largest absolute Gasteiger partial charge is 0.399 e. The molecule has 1 atom stereocenters. The first-order chi connectivity index (χ1) is 8.09. The topological polar surface area (TPSA) is 58.4 Å². The summed E-state index contributed by atoms with van der Waals surface area (Å²) in [5, 5.41) is 3.67. The molecule has 0 saturated carbocycles. The zero-order chi connectivity index (χ0) is 12.4. The van der Waals surface area contributed by atoms with E-state index in [-0.39, 0.29) is 11.9 Å². The van der Waals surface area contributed by atoms with Crippen LogP contribution < -0.4 is 11.1 Å². The molecule has 17 heavy (non-hydrogen) atoms. The summed E-state index contributed by atoms with van der Waals surface area (Å²) in [4.78, 5) is 14.2. The highest BCUT2D eigenvalue weighted by molar-refractivity contribution is 6.34. The number of hydrogen-bond acceptors (Lipinski definition) is 3. The zero-order valence-corrected chi connectivity index (χ0v) is 10.5. The van der Waals surface area contributed by atoms with Gasteiger partial charge in [0.2, 0.25) is 0 Å². The number of carbonyl (C=O) groups excluding carboxylic acids is 1. The summed E-state index contributed by atoms with van der Waals surface area (Å²) < 4.78 is 0. The van der Waals surface area contributed by atoms with Gasteiger partial charge in [-0.3, -0.25) is 4.79 Å². The van der Waals surface area contributed by atoms with Gasteiger partial charge in [-0.05, 0) is 25.1 Å². The molecular weight excluding hydrogens is 238 g/mol. The Labute approximate surface area is 106 Å². The van der Waals surface area contributed by atoms with Crippen LogP contribution in [0, 0.1) is 0 Å². The summed E-state index contributed by atoms with van der Waals surface area (Å²) >= 11 is 6.05. The van der Waals surface area contributed by atoms with Crippen LogP contribution in [0.15, 0.2) is 18.2 Å². The Hall–Kier alpha value is -1.26. The number of benzene rings is 1. The monoisotopic (exact) mass is 253 g/mol. The summed E-state index contributed by atoms with van der Waals surface area (Å²) in [6.45, 7) is 4.37. The van der Waals surface area contributed by atoms with Crippen LogP contribution in [0.1, 0.15) is 17.3 Å². The molecule has 0 bridgehead atoms. The number of halogens is 1. The van der Waals surface area contributed by atoms with Crippen LogP contribution in [-0.2, 0) is 0 Å². The second-order valence-corrected chi connectivity index (χ2v) is 4.70. The van der Waals surface area contributed by atoms with Crippen molar-refractivity contribution in [2.24, 2.45) is 0 Å². The van der Waals surface area contributed by atoms with Gasteiger partial charge in [-0.1, -0.05) is 11.6 Å². The van der Waals surface area contributed by atoms with E-state index in [1.165, 1.54) is 0 Å². The predicted octanol–water partition coefficient (Wildman–Crippen LogP) is 1.36. The van der Waals surface area contributed by atoms with Gasteiger partial charge in [-0.25, -0.2) is 0 Å². The number of amides is 1. The lowest BCUT2D eigenvalue weighted by atomic mass is 10.1. The molecule has 1 fully saturated rings. The maximum absolute atomic E-state index is 12.3. The van der Waals surface area contributed by atoms with E-state index in [1.54, 1.807) is 18.2 Å². The molecule has 4 nitrogen and oxygen atoms in total. The third-order valence-electron chi connectivity index (χ3n) is 2.99. The fraction of sp³-hybridized carbons (Fsp3) is 0.417. The summed E-state index contributed by atoms with van der Waals surface area (Å²) in [5.41, 5.74) is 6.71. The quantitative estimate of drug-likeness (QED) is 0.743. The molecule has 1 aromatic carbocycles. The smallest absolute Gasteiger partial charge is 0.255 e. The average molecular weight is 254 g/mol. The maximum Gasteiger partial charge on any atom is 0.255 e. The highest BCUT2D eigenvalue weighted by Gasteiger charge is 2.25. The Bertz CT molecular complexity index is 436. The molecule has 1 aliphatic heterocycles. The van der Waals surface area contributed by atoms with Crippen molar-refractivity contribution in [2.45, 2.75) is 13.0 Å². The molecule has 0 aromatic heterocycles. The number of nitrogens with zero attached hydrogens (tertiary/aromatic N) is 1. The first kappa shape index (κ1) is 12.2. The van der Waals surface area contributed by atoms with Gasteiger partial charge in [0.05, 0.1) is 10.6 Å². The van der Waals surface area contributed by atoms with E-state index in [0.29, 0.717) is 22.8 Å². The highest BCUT2D eigenvalue weighted by Crippen LogP contribution is 2.21. The number of hydrogen-bond donors (Lipinski definition) is 2. The van der Waals surface area contributed by atoms with Gasteiger partial charge in [-0.2, -0.15) is 0 Å². The van der Waals surface area contributed by atoms with Crippen molar-refractivity contribution >= 4 is 23.2 Å². The summed E-state index contributed by atoms with van der Waals surface area (Å²) in [5.74, 6) is -0.0241. The third-order valence-corrected chi connectivity index (χ3v) is 3.30. The first-order valence-electron chi connectivity index (χ1n) is 5.66. The van der Waals surface area contributed by atoms with E-state index in [0.717, 1.165) is 13.1 Å². The van der Waals surface area contributed by atoms with E-state index in [4.69, 9.17) is 17.3 Å². The van der Waals surface area contributed by atoms with Crippen molar-refractivity contribution in [3.05, 3.63) is 28.8 Å². The first-order valence-corrected chi connectivity index (χ1v) is 6.04. The molecule has 0 aliphatic carbocycles. The standard InChI is InChI=1S/C12H16ClN3O/c1-8-7-15-4-5-16(8)12(17)10-3-2-9(14)6-11(10)13/h2-3,6,8,15H,4-5,7,14H2,1H3/t8-/m1/s1. The number of anilines is 1. The van der Waals surface area contributed by atoms with Gasteiger partial charge in [0.1, 0.15) is 0 Å². The van der Waals surface area contributed by atoms with Crippen LogP contribution in [0.2, 0.25) is 5.02 Å². The third kappa shape index (κ3) is 2.53. The van der Waals surface area contributed by atoms with E-state index >= 15 is 0 Å². The Morgan fingerprint density at radius 1 is 1.59 bits per heavy atom. The van der Waals surface area contributed by atoms with E-state index in [1.807, 2.05) is 11.8 Å². The van der Waals surface area contributed by atoms with Gasteiger partial charge < -0.3 is 16.0 Å². The van der Waals surface area contributed by atoms with Gasteiger partial charge >= 0.3 is 0 Å². The lowest BCUT2D eigenvalue weighted by molar-refractivity contribution is 0.0656. The molecule has 2 rings (SSSR count). The summed E-state index contributed by atoms with van der Waals surface area (Å²) in [6, 6.07) is 5.19. The van der Waals surface area contributed by atoms with Crippen LogP contribution in [0.3, 0.4) is 0 Å². The molecule has 0 unspecified atom stereocenters. The SMILES string of the molecule is C[C@@H]1CNCCN1C(=O)c1ccc(N)cc1Cl. The molecule has 0 spiro atoms. The van der Waals surface area contributed by atoms with E-state index < -0.39 is 0 Å². The minimum atomic E-state index is -0.0241. The van der Waals surface area contributed by atoms with Crippen molar-refractivity contribution in [3.63, 3.8) is 0 Å². The van der Waals surface area contributed by atoms with Crippen molar-refractivity contribution in [1.29, 1.82) is 0 Å². The molecule has 1 heterocycles. The van der Waals surface area contributed by atoms with E-state index in [9.17, 15) is 4.79 Å². The fourth-order valence-corrected chi connectivity index (χ4v) is 2.27. The Morgan fingerprint density at radius 3 is 3.00 bits per heavy atom. The van der Waals surface area contributed by atoms with Crippen LogP contribution in [0.5, 0.6) is 0 Å². The highest BCUT2D eigenvalue weighted by atomic mass is 35.5. The van der Waals surface area contributed by atoms with Crippen molar-refractivity contribution in [3.8, 4) is 0 Å². The fourth-order valence-electron chi connectivity index (χ4n) is 2.00. The van der Waals surface area contributed by atoms with Crippen LogP contribution >= 0.6 is 11.6 Å². The second kappa shape index (κ2) is 4.94. The molecule has 0 radical (unpaired) electrons. The predicted molar refractivity (Wildman–Crippen MR) is 69.2 cm³/mol. The van der Waals surface area contributed by atoms with Gasteiger partial charge in [-0.15, -0.1) is 0 Å². The summed E-state index contributed by atoms with van der Waals surface area (Å²) in [7, 11) is 0. The van der Waals surface area contributed by atoms with Crippen LogP contribution in [0.25, 0.3) is 0 Å². The Kier molecular flexibility index (Phi) is 3.54. The van der Waals surface area contributed by atoms with Gasteiger partial charge in [0, 0.05) is 31.4 Å². The molecule has 1 aliphatic rings. The minimum absolute atomic E-state index is 0.0241. The second-order valence-electron chi connectivity index (χ2n) is 4.29. The lowest BCUT2D eigenvalue weighted by Crippen LogP contribution is -2.52. The molecule has 5 heteroatoms. The molecule has 1 aromatic rings. The van der Waals surface area contributed by atoms with Crippen molar-refractivity contribution in [1.82, 2.24) is 10.2 Å². The molecule has 1 amide bonds. The van der Waals surface area contributed by atoms with Crippen LogP contribution in [-0.4, -0.2) is 36.5 Å². The number of piperazine rings is 1. The lowest BCUT2D eigenvalue weighted by Gasteiger charge is -2.34. The number of rotatable bonds is 1. The maximum atomic E-state index is 12.3. The minimum Gasteiger partial charge on any atom is -0.399 e. The molecule has 92 valence electrons. The zero-order valence-electron chi connectivity index (χ0n) is 9.74.